The monoisotopic (exact) mass is 522 g/mol. The first-order valence-electron chi connectivity index (χ1n) is 11.4. The number of anilines is 3. The number of amides is 2. The van der Waals surface area contributed by atoms with Gasteiger partial charge in [-0.25, -0.2) is 19.6 Å². The molecule has 13 heteroatoms. The van der Waals surface area contributed by atoms with Crippen LogP contribution in [0.1, 0.15) is 51.7 Å². The van der Waals surface area contributed by atoms with Crippen LogP contribution in [0.15, 0.2) is 24.4 Å². The maximum Gasteiger partial charge on any atom is 0.433 e. The van der Waals surface area contributed by atoms with E-state index in [0.29, 0.717) is 15.7 Å². The molecule has 0 radical (unpaired) electrons. The summed E-state index contributed by atoms with van der Waals surface area (Å²) in [7, 11) is 0. The van der Waals surface area contributed by atoms with E-state index in [-0.39, 0.29) is 18.7 Å². The zero-order valence-corrected chi connectivity index (χ0v) is 20.2. The Morgan fingerprint density at radius 1 is 1.17 bits per heavy atom. The molecule has 2 amide bonds. The fourth-order valence-electron chi connectivity index (χ4n) is 4.02. The fourth-order valence-corrected chi connectivity index (χ4v) is 4.82. The van der Waals surface area contributed by atoms with Crippen LogP contribution in [-0.4, -0.2) is 45.1 Å². The van der Waals surface area contributed by atoms with Gasteiger partial charge in [-0.3, -0.25) is 5.32 Å². The molecule has 4 rings (SSSR count). The zero-order chi connectivity index (χ0) is 25.9. The summed E-state index contributed by atoms with van der Waals surface area (Å²) in [5, 5.41) is 14.9. The van der Waals surface area contributed by atoms with Crippen molar-refractivity contribution in [1.82, 2.24) is 15.0 Å². The minimum atomic E-state index is -4.85. The largest absolute Gasteiger partial charge is 0.476 e. The molecule has 1 saturated heterocycles. The van der Waals surface area contributed by atoms with E-state index in [9.17, 15) is 22.8 Å². The van der Waals surface area contributed by atoms with E-state index in [1.54, 1.807) is 0 Å². The molecule has 192 valence electrons. The Bertz CT molecular complexity index is 1250. The average molecular weight is 523 g/mol. The highest BCUT2D eigenvalue weighted by atomic mass is 32.1. The Morgan fingerprint density at radius 2 is 1.92 bits per heavy atom. The van der Waals surface area contributed by atoms with E-state index >= 15 is 0 Å². The highest BCUT2D eigenvalue weighted by Gasteiger charge is 2.39. The Balaban J connectivity index is 1.37. The number of nitrogens with zero attached hydrogens (tertiary/aromatic N) is 3. The van der Waals surface area contributed by atoms with Crippen molar-refractivity contribution in [3.05, 3.63) is 52.0 Å². The Labute approximate surface area is 208 Å². The van der Waals surface area contributed by atoms with E-state index in [1.807, 2.05) is 19.1 Å². The summed E-state index contributed by atoms with van der Waals surface area (Å²) in [5.41, 5.74) is 0.334. The standard InChI is InChI=1S/C23H25F3N6O3S/c1-13-5-7-15(16(11-13)32-9-3-2-4-10-32)28-21(35)31-22-27-12-14(36-22)6-8-17-29-18(20(33)34)19(30-17)23(24,25)26/h5,7,11-12H,2-4,6,8-10H2,1H3,(H,29,30)(H,33,34)(H2,27,28,31,35). The number of H-pyrrole nitrogens is 1. The second-order valence-corrected chi connectivity index (χ2v) is 9.60. The van der Waals surface area contributed by atoms with Gasteiger partial charge in [0, 0.05) is 30.6 Å². The number of aryl methyl sites for hydroxylation is 3. The van der Waals surface area contributed by atoms with Crippen molar-refractivity contribution in [2.24, 2.45) is 0 Å². The smallest absolute Gasteiger partial charge is 0.433 e. The predicted molar refractivity (Wildman–Crippen MR) is 130 cm³/mol. The number of carbonyl (C=O) groups excluding carboxylic acids is 1. The number of alkyl halides is 3. The number of carboxylic acid groups (broad SMARTS) is 1. The Morgan fingerprint density at radius 3 is 2.58 bits per heavy atom. The first-order chi connectivity index (χ1) is 17.1. The van der Waals surface area contributed by atoms with Gasteiger partial charge in [0.2, 0.25) is 0 Å². The molecule has 0 spiro atoms. The molecule has 0 saturated carbocycles. The van der Waals surface area contributed by atoms with Crippen molar-refractivity contribution < 1.29 is 27.9 Å². The summed E-state index contributed by atoms with van der Waals surface area (Å²) in [4.78, 5) is 36.5. The van der Waals surface area contributed by atoms with E-state index in [4.69, 9.17) is 5.11 Å². The van der Waals surface area contributed by atoms with E-state index in [1.165, 1.54) is 24.0 Å². The number of hydrogen-bond acceptors (Lipinski definition) is 6. The minimum Gasteiger partial charge on any atom is -0.476 e. The summed E-state index contributed by atoms with van der Waals surface area (Å²) in [6, 6.07) is 5.40. The molecule has 0 aliphatic carbocycles. The molecule has 4 N–H and O–H groups in total. The number of carbonyl (C=O) groups is 2. The van der Waals surface area contributed by atoms with E-state index in [2.05, 4.69) is 36.6 Å². The normalized spacial score (nSPS) is 14.1. The van der Waals surface area contributed by atoms with Gasteiger partial charge >= 0.3 is 18.2 Å². The van der Waals surface area contributed by atoms with Gasteiger partial charge < -0.3 is 20.3 Å². The van der Waals surface area contributed by atoms with Crippen LogP contribution in [0.2, 0.25) is 0 Å². The van der Waals surface area contributed by atoms with E-state index < -0.39 is 29.6 Å². The van der Waals surface area contributed by atoms with E-state index in [0.717, 1.165) is 37.2 Å². The maximum atomic E-state index is 13.0. The third kappa shape index (κ3) is 6.14. The number of aromatic amines is 1. The number of imidazole rings is 1. The van der Waals surface area contributed by atoms with Crippen molar-refractivity contribution in [2.75, 3.05) is 28.6 Å². The lowest BCUT2D eigenvalue weighted by Crippen LogP contribution is -2.31. The van der Waals surface area contributed by atoms with Gasteiger partial charge in [0.1, 0.15) is 5.82 Å². The predicted octanol–water partition coefficient (Wildman–Crippen LogP) is 5.31. The quantitative estimate of drug-likeness (QED) is 0.333. The van der Waals surface area contributed by atoms with Crippen LogP contribution in [0.5, 0.6) is 0 Å². The molecule has 3 aromatic rings. The lowest BCUT2D eigenvalue weighted by Gasteiger charge is -2.30. The lowest BCUT2D eigenvalue weighted by atomic mass is 10.1. The summed E-state index contributed by atoms with van der Waals surface area (Å²) >= 11 is 1.17. The molecular formula is C23H25F3N6O3S. The van der Waals surface area contributed by atoms with Crippen LogP contribution in [0.3, 0.4) is 0 Å². The van der Waals surface area contributed by atoms with Gasteiger partial charge in [-0.15, -0.1) is 11.3 Å². The summed E-state index contributed by atoms with van der Waals surface area (Å²) < 4.78 is 39.1. The van der Waals surface area contributed by atoms with Gasteiger partial charge in [-0.2, -0.15) is 13.2 Å². The lowest BCUT2D eigenvalue weighted by molar-refractivity contribution is -0.141. The number of aromatic nitrogens is 3. The van der Waals surface area contributed by atoms with Crippen LogP contribution in [0.4, 0.5) is 34.5 Å². The molecule has 2 aromatic heterocycles. The van der Waals surface area contributed by atoms with Gasteiger partial charge in [0.15, 0.2) is 16.5 Å². The van der Waals surface area contributed by atoms with Crippen molar-refractivity contribution in [3.63, 3.8) is 0 Å². The minimum absolute atomic E-state index is 0.0484. The number of benzene rings is 1. The Kier molecular flexibility index (Phi) is 7.48. The van der Waals surface area contributed by atoms with Crippen LogP contribution >= 0.6 is 11.3 Å². The van der Waals surface area contributed by atoms with Crippen molar-refractivity contribution in [3.8, 4) is 0 Å². The molecule has 0 bridgehead atoms. The third-order valence-corrected chi connectivity index (χ3v) is 6.69. The summed E-state index contributed by atoms with van der Waals surface area (Å²) in [6.45, 7) is 3.87. The number of rotatable bonds is 7. The molecule has 1 fully saturated rings. The van der Waals surface area contributed by atoms with Crippen molar-refractivity contribution in [1.29, 1.82) is 0 Å². The van der Waals surface area contributed by atoms with Crippen LogP contribution < -0.4 is 15.5 Å². The molecule has 1 aliphatic heterocycles. The zero-order valence-electron chi connectivity index (χ0n) is 19.4. The number of aromatic carboxylic acids is 1. The topological polar surface area (TPSA) is 123 Å². The van der Waals surface area contributed by atoms with Crippen LogP contribution in [-0.2, 0) is 19.0 Å². The fraction of sp³-hybridized carbons (Fsp3) is 0.391. The number of thiazole rings is 1. The maximum absolute atomic E-state index is 13.0. The van der Waals surface area contributed by atoms with Gasteiger partial charge in [-0.1, -0.05) is 6.07 Å². The number of piperidine rings is 1. The molecular weight excluding hydrogens is 497 g/mol. The average Bonchev–Trinajstić information content (AvgIpc) is 3.46. The van der Waals surface area contributed by atoms with Crippen molar-refractivity contribution in [2.45, 2.75) is 45.2 Å². The summed E-state index contributed by atoms with van der Waals surface area (Å²) in [6.07, 6.45) is 0.385. The SMILES string of the molecule is Cc1ccc(NC(=O)Nc2ncc(CCc3nc(C(=O)O)c(C(F)(F)F)[nH]3)s2)c(N2CCCCC2)c1. The first-order valence-corrected chi connectivity index (χ1v) is 12.2. The first kappa shape index (κ1) is 25.5. The van der Waals surface area contributed by atoms with Gasteiger partial charge in [0.25, 0.3) is 0 Å². The highest BCUT2D eigenvalue weighted by molar-refractivity contribution is 7.15. The molecule has 1 aliphatic rings. The molecule has 36 heavy (non-hydrogen) atoms. The summed E-state index contributed by atoms with van der Waals surface area (Å²) in [5.74, 6) is -1.85. The van der Waals surface area contributed by atoms with Crippen molar-refractivity contribution >= 4 is 39.8 Å². The van der Waals surface area contributed by atoms with Crippen LogP contribution in [0.25, 0.3) is 0 Å². The number of nitrogens with one attached hydrogen (secondary N) is 3. The number of hydrogen-bond donors (Lipinski definition) is 4. The molecule has 1 aromatic carbocycles. The molecule has 0 atom stereocenters. The second kappa shape index (κ2) is 10.6. The molecule has 0 unspecified atom stereocenters. The van der Waals surface area contributed by atoms with Crippen LogP contribution in [0, 0.1) is 6.92 Å². The highest BCUT2D eigenvalue weighted by Crippen LogP contribution is 2.32. The number of halogens is 3. The molecule has 9 nitrogen and oxygen atoms in total. The van der Waals surface area contributed by atoms with Gasteiger partial charge in [0.05, 0.1) is 11.4 Å². The van der Waals surface area contributed by atoms with Gasteiger partial charge in [-0.05, 0) is 50.3 Å². The Hall–Kier alpha value is -3.61. The number of urea groups is 1. The third-order valence-electron chi connectivity index (χ3n) is 5.72. The molecule has 3 heterocycles. The second-order valence-electron chi connectivity index (χ2n) is 8.49. The number of carboxylic acids is 1.